The van der Waals surface area contributed by atoms with E-state index in [0.717, 1.165) is 6.08 Å². The molecule has 1 atom stereocenters. The zero-order chi connectivity index (χ0) is 20.9. The molecule has 11 heteroatoms. The molecule has 2 aromatic rings. The Labute approximate surface area is 190 Å². The summed E-state index contributed by atoms with van der Waals surface area (Å²) in [6.07, 6.45) is 4.28. The summed E-state index contributed by atoms with van der Waals surface area (Å²) in [6, 6.07) is 8.66. The van der Waals surface area contributed by atoms with Crippen molar-refractivity contribution in [3.05, 3.63) is 65.6 Å². The lowest BCUT2D eigenvalue weighted by Crippen LogP contribution is -2.35. The second kappa shape index (κ2) is 11.9. The maximum absolute atomic E-state index is 14.4. The van der Waals surface area contributed by atoms with Crippen molar-refractivity contribution < 1.29 is 23.2 Å². The SMILES string of the molecule is Cl.Cl.O=C(C=Cc1cnc(N[C@@H]2CCN(CC(F)(F)c3ccccc3)C2)c(F)c1)NO. The number of hydroxylamine groups is 1. The zero-order valence-electron chi connectivity index (χ0n) is 16.3. The molecule has 1 aromatic carbocycles. The minimum atomic E-state index is -2.96. The molecule has 1 amide bonds. The molecule has 1 aliphatic heterocycles. The average molecular weight is 479 g/mol. The number of pyridine rings is 1. The van der Waals surface area contributed by atoms with Crippen LogP contribution in [0.25, 0.3) is 6.08 Å². The van der Waals surface area contributed by atoms with Gasteiger partial charge in [-0.2, -0.15) is 8.78 Å². The standard InChI is InChI=1S/C20H21F3N4O2.2ClH/c21-17-10-14(6-7-18(28)26-29)11-24-19(17)25-16-8-9-27(12-16)13-20(22,23)15-4-2-1-3-5-15;;/h1-7,10-11,16,29H,8-9,12-13H2,(H,24,25)(H,26,28);2*1H/t16-;;/m1../s1. The van der Waals surface area contributed by atoms with E-state index < -0.39 is 24.2 Å². The predicted molar refractivity (Wildman–Crippen MR) is 116 cm³/mol. The van der Waals surface area contributed by atoms with Crippen LogP contribution in [0.3, 0.4) is 0 Å². The number of nitrogens with zero attached hydrogens (tertiary/aromatic N) is 2. The van der Waals surface area contributed by atoms with Crippen LogP contribution in [-0.4, -0.2) is 46.7 Å². The Kier molecular flexibility index (Phi) is 10.3. The number of nitrogens with one attached hydrogen (secondary N) is 2. The number of rotatable bonds is 7. The lowest BCUT2D eigenvalue weighted by molar-refractivity contribution is -0.124. The largest absolute Gasteiger partial charge is 0.364 e. The molecule has 1 saturated heterocycles. The number of anilines is 1. The van der Waals surface area contributed by atoms with Crippen LogP contribution < -0.4 is 10.8 Å². The normalized spacial score (nSPS) is 16.5. The van der Waals surface area contributed by atoms with Crippen molar-refractivity contribution in [2.75, 3.05) is 25.0 Å². The van der Waals surface area contributed by atoms with E-state index in [1.54, 1.807) is 23.1 Å². The third kappa shape index (κ3) is 7.39. The average Bonchev–Trinajstić information content (AvgIpc) is 3.14. The summed E-state index contributed by atoms with van der Waals surface area (Å²) in [4.78, 5) is 16.6. The summed E-state index contributed by atoms with van der Waals surface area (Å²) in [7, 11) is 0. The van der Waals surface area contributed by atoms with Gasteiger partial charge in [0, 0.05) is 37.0 Å². The number of likely N-dealkylation sites (tertiary alicyclic amines) is 1. The van der Waals surface area contributed by atoms with Gasteiger partial charge >= 0.3 is 0 Å². The fourth-order valence-corrected chi connectivity index (χ4v) is 3.20. The molecule has 170 valence electrons. The number of carbonyl (C=O) groups is 1. The van der Waals surface area contributed by atoms with Gasteiger partial charge in [0.15, 0.2) is 11.6 Å². The smallest absolute Gasteiger partial charge is 0.285 e. The van der Waals surface area contributed by atoms with Crippen LogP contribution >= 0.6 is 24.8 Å². The molecule has 1 aromatic heterocycles. The number of hydrogen-bond donors (Lipinski definition) is 3. The molecule has 0 radical (unpaired) electrons. The van der Waals surface area contributed by atoms with Crippen LogP contribution in [0.1, 0.15) is 17.5 Å². The molecule has 2 heterocycles. The van der Waals surface area contributed by atoms with E-state index in [1.807, 2.05) is 0 Å². The topological polar surface area (TPSA) is 77.5 Å². The second-order valence-electron chi connectivity index (χ2n) is 6.84. The number of hydrogen-bond acceptors (Lipinski definition) is 5. The molecular formula is C20H23Cl2F3N4O2. The van der Waals surface area contributed by atoms with Gasteiger partial charge in [-0.15, -0.1) is 24.8 Å². The second-order valence-corrected chi connectivity index (χ2v) is 6.84. The van der Waals surface area contributed by atoms with Crippen molar-refractivity contribution in [3.63, 3.8) is 0 Å². The Hall–Kier alpha value is -2.33. The summed E-state index contributed by atoms with van der Waals surface area (Å²) >= 11 is 0. The van der Waals surface area contributed by atoms with Gasteiger partial charge in [0.05, 0.1) is 6.54 Å². The minimum Gasteiger partial charge on any atom is -0.364 e. The highest BCUT2D eigenvalue weighted by atomic mass is 35.5. The maximum Gasteiger partial charge on any atom is 0.285 e. The molecule has 0 bridgehead atoms. The van der Waals surface area contributed by atoms with Crippen molar-refractivity contribution in [2.45, 2.75) is 18.4 Å². The number of benzene rings is 1. The molecule has 3 rings (SSSR count). The molecular weight excluding hydrogens is 456 g/mol. The van der Waals surface area contributed by atoms with Gasteiger partial charge < -0.3 is 5.32 Å². The monoisotopic (exact) mass is 478 g/mol. The van der Waals surface area contributed by atoms with Gasteiger partial charge in [0.2, 0.25) is 0 Å². The Morgan fingerprint density at radius 3 is 2.65 bits per heavy atom. The zero-order valence-corrected chi connectivity index (χ0v) is 17.9. The molecule has 1 fully saturated rings. The van der Waals surface area contributed by atoms with Crippen LogP contribution in [0, 0.1) is 5.82 Å². The first-order valence-corrected chi connectivity index (χ1v) is 9.07. The van der Waals surface area contributed by atoms with E-state index in [-0.39, 0.29) is 42.2 Å². The first-order valence-electron chi connectivity index (χ1n) is 9.07. The van der Waals surface area contributed by atoms with Crippen LogP contribution in [0.4, 0.5) is 19.0 Å². The van der Waals surface area contributed by atoms with Crippen LogP contribution in [0.5, 0.6) is 0 Å². The fourth-order valence-electron chi connectivity index (χ4n) is 3.20. The molecule has 0 saturated carbocycles. The Morgan fingerprint density at radius 2 is 2.00 bits per heavy atom. The Morgan fingerprint density at radius 1 is 1.29 bits per heavy atom. The van der Waals surface area contributed by atoms with E-state index in [4.69, 9.17) is 5.21 Å². The minimum absolute atomic E-state index is 0. The fraction of sp³-hybridized carbons (Fsp3) is 0.300. The predicted octanol–water partition coefficient (Wildman–Crippen LogP) is 3.86. The summed E-state index contributed by atoms with van der Waals surface area (Å²) in [6.45, 7) is 0.419. The van der Waals surface area contributed by atoms with Gasteiger partial charge in [0.1, 0.15) is 0 Å². The highest BCUT2D eigenvalue weighted by Crippen LogP contribution is 2.30. The van der Waals surface area contributed by atoms with Gasteiger partial charge in [-0.25, -0.2) is 14.9 Å². The van der Waals surface area contributed by atoms with Crippen LogP contribution in [0.15, 0.2) is 48.7 Å². The van der Waals surface area contributed by atoms with E-state index in [2.05, 4.69) is 10.3 Å². The number of halogens is 5. The van der Waals surface area contributed by atoms with Gasteiger partial charge in [-0.1, -0.05) is 30.3 Å². The van der Waals surface area contributed by atoms with Crippen molar-refractivity contribution in [1.29, 1.82) is 0 Å². The lowest BCUT2D eigenvalue weighted by Gasteiger charge is -2.24. The molecule has 0 unspecified atom stereocenters. The van der Waals surface area contributed by atoms with Crippen LogP contribution in [0.2, 0.25) is 0 Å². The van der Waals surface area contributed by atoms with Gasteiger partial charge in [-0.05, 0) is 24.1 Å². The number of amides is 1. The molecule has 31 heavy (non-hydrogen) atoms. The molecule has 0 aliphatic carbocycles. The van der Waals surface area contributed by atoms with Gasteiger partial charge in [0.25, 0.3) is 11.8 Å². The van der Waals surface area contributed by atoms with Crippen molar-refractivity contribution >= 4 is 42.6 Å². The number of carbonyl (C=O) groups excluding carboxylic acids is 1. The van der Waals surface area contributed by atoms with Crippen LogP contribution in [-0.2, 0) is 10.7 Å². The first-order chi connectivity index (χ1) is 13.9. The van der Waals surface area contributed by atoms with E-state index in [0.29, 0.717) is 25.1 Å². The van der Waals surface area contributed by atoms with Gasteiger partial charge in [-0.3, -0.25) is 14.9 Å². The maximum atomic E-state index is 14.4. The molecule has 1 aliphatic rings. The third-order valence-corrected chi connectivity index (χ3v) is 4.63. The Bertz CT molecular complexity index is 888. The molecule has 3 N–H and O–H groups in total. The van der Waals surface area contributed by atoms with Crippen molar-refractivity contribution in [1.82, 2.24) is 15.4 Å². The van der Waals surface area contributed by atoms with E-state index in [9.17, 15) is 18.0 Å². The van der Waals surface area contributed by atoms with E-state index >= 15 is 0 Å². The summed E-state index contributed by atoms with van der Waals surface area (Å²) in [5, 5.41) is 11.4. The highest BCUT2D eigenvalue weighted by molar-refractivity contribution is 5.90. The Balaban J connectivity index is 0.00000240. The summed E-state index contributed by atoms with van der Waals surface area (Å²) in [5.74, 6) is -4.31. The quantitative estimate of drug-likeness (QED) is 0.320. The van der Waals surface area contributed by atoms with E-state index in [1.165, 1.54) is 36.0 Å². The first kappa shape index (κ1) is 26.7. The summed E-state index contributed by atoms with van der Waals surface area (Å²) in [5.41, 5.74) is 1.74. The number of alkyl halides is 2. The summed E-state index contributed by atoms with van der Waals surface area (Å²) < 4.78 is 43.1. The highest BCUT2D eigenvalue weighted by Gasteiger charge is 2.36. The molecule has 6 nitrogen and oxygen atoms in total. The van der Waals surface area contributed by atoms with Crippen molar-refractivity contribution in [2.24, 2.45) is 0 Å². The van der Waals surface area contributed by atoms with Crippen molar-refractivity contribution in [3.8, 4) is 0 Å². The number of aromatic nitrogens is 1. The lowest BCUT2D eigenvalue weighted by atomic mass is 10.1. The molecule has 0 spiro atoms. The third-order valence-electron chi connectivity index (χ3n) is 4.63.